The van der Waals surface area contributed by atoms with E-state index in [0.717, 1.165) is 15.8 Å². The quantitative estimate of drug-likeness (QED) is 0.107. The van der Waals surface area contributed by atoms with E-state index in [0.29, 0.717) is 52.2 Å². The third-order valence-corrected chi connectivity index (χ3v) is 8.40. The Balaban J connectivity index is 1.48. The predicted molar refractivity (Wildman–Crippen MR) is 171 cm³/mol. The fourth-order valence-electron chi connectivity index (χ4n) is 5.15. The average Bonchev–Trinajstić information content (AvgIpc) is 3.58. The van der Waals surface area contributed by atoms with Gasteiger partial charge in [0.15, 0.2) is 16.6 Å². The second-order valence-electron chi connectivity index (χ2n) is 10.3. The summed E-state index contributed by atoms with van der Waals surface area (Å²) >= 11 is 1.26. The first kappa shape index (κ1) is 28.9. The van der Waals surface area contributed by atoms with Crippen molar-refractivity contribution >= 4 is 44.1 Å². The maximum absolute atomic E-state index is 13.7. The van der Waals surface area contributed by atoms with Gasteiger partial charge >= 0.3 is 5.91 Å². The molecule has 0 radical (unpaired) electrons. The number of fused-ring (bicyclic) bond motifs is 1. The zero-order valence-electron chi connectivity index (χ0n) is 24.4. The van der Waals surface area contributed by atoms with Crippen LogP contribution in [-0.4, -0.2) is 35.5 Å². The van der Waals surface area contributed by atoms with Crippen LogP contribution in [0.5, 0.6) is 17.2 Å². The van der Waals surface area contributed by atoms with Gasteiger partial charge in [0.05, 0.1) is 35.5 Å². The number of benzene rings is 4. The van der Waals surface area contributed by atoms with Crippen LogP contribution in [0, 0.1) is 6.92 Å². The van der Waals surface area contributed by atoms with Gasteiger partial charge in [0.25, 0.3) is 5.78 Å². The molecular weight excluding hydrogens is 576 g/mol. The Morgan fingerprint density at radius 3 is 2.43 bits per heavy atom. The third-order valence-electron chi connectivity index (χ3n) is 7.38. The molecule has 0 bridgehead atoms. The van der Waals surface area contributed by atoms with Crippen LogP contribution in [0.2, 0.25) is 0 Å². The van der Waals surface area contributed by atoms with Crippen LogP contribution < -0.4 is 19.1 Å². The van der Waals surface area contributed by atoms with Crippen LogP contribution in [0.1, 0.15) is 35.2 Å². The highest BCUT2D eigenvalue weighted by atomic mass is 32.1. The summed E-state index contributed by atoms with van der Waals surface area (Å²) in [5, 5.41) is 11.9. The number of aryl methyl sites for hydroxylation is 1. The SMILES string of the molecule is CCOc1cc(C2C(=C(O)c3ccc(C)cc3)C(=O)C(=O)N2c2nc3ccc(OC)cc3s2)ccc1OCc1ccccc1. The number of anilines is 1. The largest absolute Gasteiger partial charge is 0.507 e. The molecule has 44 heavy (non-hydrogen) atoms. The maximum atomic E-state index is 13.7. The number of hydrogen-bond donors (Lipinski definition) is 1. The average molecular weight is 607 g/mol. The molecule has 0 saturated carbocycles. The number of rotatable bonds is 9. The lowest BCUT2D eigenvalue weighted by Crippen LogP contribution is -2.29. The molecule has 8 nitrogen and oxygen atoms in total. The van der Waals surface area contributed by atoms with Gasteiger partial charge in [-0.1, -0.05) is 77.6 Å². The van der Waals surface area contributed by atoms with Crippen molar-refractivity contribution in [3.05, 3.63) is 119 Å². The zero-order valence-corrected chi connectivity index (χ0v) is 25.3. The van der Waals surface area contributed by atoms with Crippen molar-refractivity contribution in [3.8, 4) is 17.2 Å². The van der Waals surface area contributed by atoms with Crippen molar-refractivity contribution in [3.63, 3.8) is 0 Å². The second kappa shape index (κ2) is 12.2. The molecule has 0 aliphatic carbocycles. The molecular formula is C35H30N2O6S. The molecule has 1 aromatic heterocycles. The Hall–Kier alpha value is -5.15. The molecule has 1 aliphatic heterocycles. The number of Topliss-reactive ketones (excluding diaryl/α,β-unsaturated/α-hetero) is 1. The lowest BCUT2D eigenvalue weighted by Gasteiger charge is -2.24. The predicted octanol–water partition coefficient (Wildman–Crippen LogP) is 7.22. The number of aromatic nitrogens is 1. The van der Waals surface area contributed by atoms with E-state index in [-0.39, 0.29) is 11.3 Å². The maximum Gasteiger partial charge on any atom is 0.301 e. The van der Waals surface area contributed by atoms with Crippen molar-refractivity contribution in [1.29, 1.82) is 0 Å². The molecule has 1 unspecified atom stereocenters. The van der Waals surface area contributed by atoms with Gasteiger partial charge in [0.2, 0.25) is 0 Å². The minimum Gasteiger partial charge on any atom is -0.507 e. The van der Waals surface area contributed by atoms with Crippen molar-refractivity contribution in [1.82, 2.24) is 4.98 Å². The Labute approximate surface area is 258 Å². The zero-order chi connectivity index (χ0) is 30.8. The number of thiazole rings is 1. The first-order valence-electron chi connectivity index (χ1n) is 14.1. The number of amides is 1. The monoisotopic (exact) mass is 606 g/mol. The van der Waals surface area contributed by atoms with E-state index in [9.17, 15) is 14.7 Å². The number of ketones is 1. The summed E-state index contributed by atoms with van der Waals surface area (Å²) in [4.78, 5) is 33.5. The van der Waals surface area contributed by atoms with E-state index in [4.69, 9.17) is 19.2 Å². The fourth-order valence-corrected chi connectivity index (χ4v) is 6.17. The Bertz CT molecular complexity index is 1880. The normalized spacial score (nSPS) is 16.0. The molecule has 1 saturated heterocycles. The van der Waals surface area contributed by atoms with E-state index in [1.807, 2.05) is 62.4 Å². The molecule has 6 rings (SSSR count). The van der Waals surface area contributed by atoms with E-state index in [1.165, 1.54) is 16.2 Å². The number of aliphatic hydroxyl groups excluding tert-OH is 1. The summed E-state index contributed by atoms with van der Waals surface area (Å²) in [6.07, 6.45) is 0. The van der Waals surface area contributed by atoms with Crippen LogP contribution in [0.3, 0.4) is 0 Å². The van der Waals surface area contributed by atoms with Crippen LogP contribution in [0.25, 0.3) is 16.0 Å². The number of hydrogen-bond acceptors (Lipinski definition) is 8. The van der Waals surface area contributed by atoms with Gasteiger partial charge in [-0.25, -0.2) is 4.98 Å². The van der Waals surface area contributed by atoms with Crippen LogP contribution in [-0.2, 0) is 16.2 Å². The molecule has 222 valence electrons. The van der Waals surface area contributed by atoms with Gasteiger partial charge in [0.1, 0.15) is 18.1 Å². The van der Waals surface area contributed by atoms with Crippen LogP contribution >= 0.6 is 11.3 Å². The van der Waals surface area contributed by atoms with Gasteiger partial charge in [-0.3, -0.25) is 14.5 Å². The lowest BCUT2D eigenvalue weighted by molar-refractivity contribution is -0.132. The van der Waals surface area contributed by atoms with Gasteiger partial charge in [-0.2, -0.15) is 0 Å². The molecule has 1 amide bonds. The Morgan fingerprint density at radius 1 is 0.932 bits per heavy atom. The van der Waals surface area contributed by atoms with E-state index in [2.05, 4.69) is 0 Å². The van der Waals surface area contributed by atoms with Gasteiger partial charge in [0, 0.05) is 5.56 Å². The lowest BCUT2D eigenvalue weighted by atomic mass is 9.95. The molecule has 4 aromatic carbocycles. The molecule has 2 heterocycles. The molecule has 1 N–H and O–H groups in total. The third kappa shape index (κ3) is 5.49. The summed E-state index contributed by atoms with van der Waals surface area (Å²) < 4.78 is 18.2. The number of ether oxygens (including phenoxy) is 3. The molecule has 0 spiro atoms. The van der Waals surface area contributed by atoms with Gasteiger partial charge in [-0.15, -0.1) is 0 Å². The Kier molecular flexibility index (Phi) is 8.04. The molecule has 1 fully saturated rings. The highest BCUT2D eigenvalue weighted by Crippen LogP contribution is 2.46. The fraction of sp³-hybridized carbons (Fsp3) is 0.171. The number of nitrogens with zero attached hydrogens (tertiary/aromatic N) is 2. The molecule has 1 atom stereocenters. The van der Waals surface area contributed by atoms with Crippen molar-refractivity contribution in [2.24, 2.45) is 0 Å². The second-order valence-corrected chi connectivity index (χ2v) is 11.3. The summed E-state index contributed by atoms with van der Waals surface area (Å²) in [7, 11) is 1.58. The van der Waals surface area contributed by atoms with E-state index in [1.54, 1.807) is 49.6 Å². The van der Waals surface area contributed by atoms with Crippen molar-refractivity contribution in [2.45, 2.75) is 26.5 Å². The Morgan fingerprint density at radius 2 is 1.70 bits per heavy atom. The molecule has 5 aromatic rings. The smallest absolute Gasteiger partial charge is 0.301 e. The summed E-state index contributed by atoms with van der Waals surface area (Å²) in [5.41, 5.74) is 3.61. The molecule has 9 heteroatoms. The minimum atomic E-state index is -0.971. The number of aliphatic hydroxyl groups is 1. The van der Waals surface area contributed by atoms with Crippen LogP contribution in [0.4, 0.5) is 5.13 Å². The highest BCUT2D eigenvalue weighted by Gasteiger charge is 2.48. The van der Waals surface area contributed by atoms with Crippen LogP contribution in [0.15, 0.2) is 96.6 Å². The van der Waals surface area contributed by atoms with Gasteiger partial charge in [-0.05, 0) is 55.3 Å². The summed E-state index contributed by atoms with van der Waals surface area (Å²) in [6, 6.07) is 26.7. The highest BCUT2D eigenvalue weighted by molar-refractivity contribution is 7.22. The number of carbonyl (C=O) groups is 2. The molecule has 1 aliphatic rings. The summed E-state index contributed by atoms with van der Waals surface area (Å²) in [6.45, 7) is 4.50. The first-order chi connectivity index (χ1) is 21.4. The van der Waals surface area contributed by atoms with E-state index >= 15 is 0 Å². The standard InChI is InChI=1S/C35H30N2O6S/c1-4-42-28-18-24(14-17-27(28)43-20-22-8-6-5-7-9-22)31-30(32(38)23-12-10-21(2)11-13-23)33(39)34(40)37(31)35-36-26-16-15-25(41-3)19-29(26)44-35/h5-19,31,38H,4,20H2,1-3H3. The van der Waals surface area contributed by atoms with E-state index < -0.39 is 17.7 Å². The number of methoxy groups -OCH3 is 1. The summed E-state index contributed by atoms with van der Waals surface area (Å²) in [5.74, 6) is -0.221. The van der Waals surface area contributed by atoms with Crippen molar-refractivity contribution < 1.29 is 28.9 Å². The number of carbonyl (C=O) groups excluding carboxylic acids is 2. The minimum absolute atomic E-state index is 0.0314. The first-order valence-corrected chi connectivity index (χ1v) is 15.0. The van der Waals surface area contributed by atoms with Crippen molar-refractivity contribution in [2.75, 3.05) is 18.6 Å². The van der Waals surface area contributed by atoms with Gasteiger partial charge < -0.3 is 19.3 Å². The topological polar surface area (TPSA) is 98.2 Å².